The molecule has 1 atom stereocenters. The molecule has 9 heteroatoms. The van der Waals surface area contributed by atoms with Gasteiger partial charge in [-0.05, 0) is 34.1 Å². The van der Waals surface area contributed by atoms with E-state index in [0.717, 1.165) is 22.5 Å². The van der Waals surface area contributed by atoms with E-state index >= 15 is 0 Å². The Hall–Kier alpha value is -1.03. The lowest BCUT2D eigenvalue weighted by Crippen LogP contribution is -2.48. The van der Waals surface area contributed by atoms with Gasteiger partial charge in [-0.1, -0.05) is 0 Å². The first-order valence-electron chi connectivity index (χ1n) is 5.62. The van der Waals surface area contributed by atoms with Crippen LogP contribution in [-0.2, 0) is 19.6 Å². The van der Waals surface area contributed by atoms with Crippen LogP contribution in [0.25, 0.3) is 0 Å². The highest BCUT2D eigenvalue weighted by Gasteiger charge is 2.34. The Morgan fingerprint density at radius 2 is 2.20 bits per heavy atom. The molecule has 1 heterocycles. The van der Waals surface area contributed by atoms with Gasteiger partial charge in [-0.2, -0.15) is 4.31 Å². The number of nitrogens with zero attached hydrogens (tertiary/aromatic N) is 1. The summed E-state index contributed by atoms with van der Waals surface area (Å²) in [5.74, 6) is -1.79. The molecular weight excluding hydrogens is 357 g/mol. The quantitative estimate of drug-likeness (QED) is 0.863. The molecule has 1 aromatic carbocycles. The van der Waals surface area contributed by atoms with Crippen LogP contribution in [0.3, 0.4) is 0 Å². The van der Waals surface area contributed by atoms with Crippen molar-refractivity contribution >= 4 is 31.9 Å². The number of carbonyl (C=O) groups is 1. The maximum absolute atomic E-state index is 13.0. The van der Waals surface area contributed by atoms with Crippen LogP contribution in [0.1, 0.15) is 0 Å². The first-order valence-corrected chi connectivity index (χ1v) is 7.85. The molecule has 0 radical (unpaired) electrons. The van der Waals surface area contributed by atoms with E-state index in [2.05, 4.69) is 15.9 Å². The molecule has 1 N–H and O–H groups in total. The largest absolute Gasteiger partial charge is 0.479 e. The molecule has 0 spiro atoms. The summed E-state index contributed by atoms with van der Waals surface area (Å²) in [7, 11) is -3.90. The average Bonchev–Trinajstić information content (AvgIpc) is 2.38. The SMILES string of the molecule is O=C(O)C1CN(S(=O)(=O)c2ccc(F)cc2Br)CCO1. The van der Waals surface area contributed by atoms with Gasteiger partial charge in [-0.3, -0.25) is 0 Å². The molecule has 0 bridgehead atoms. The molecule has 110 valence electrons. The Morgan fingerprint density at radius 1 is 1.50 bits per heavy atom. The van der Waals surface area contributed by atoms with Gasteiger partial charge in [0.1, 0.15) is 5.82 Å². The number of carboxylic acid groups (broad SMARTS) is 1. The highest BCUT2D eigenvalue weighted by Crippen LogP contribution is 2.27. The van der Waals surface area contributed by atoms with E-state index in [1.54, 1.807) is 0 Å². The lowest BCUT2D eigenvalue weighted by molar-refractivity contribution is -0.153. The van der Waals surface area contributed by atoms with Crippen LogP contribution >= 0.6 is 15.9 Å². The van der Waals surface area contributed by atoms with Crippen molar-refractivity contribution in [2.24, 2.45) is 0 Å². The Bertz CT molecular complexity index is 636. The van der Waals surface area contributed by atoms with E-state index in [0.29, 0.717) is 0 Å². The van der Waals surface area contributed by atoms with Gasteiger partial charge in [-0.15, -0.1) is 0 Å². The minimum Gasteiger partial charge on any atom is -0.479 e. The third-order valence-corrected chi connectivity index (χ3v) is 5.66. The van der Waals surface area contributed by atoms with Crippen LogP contribution in [0.4, 0.5) is 4.39 Å². The summed E-state index contributed by atoms with van der Waals surface area (Å²) in [6.07, 6.45) is -1.20. The summed E-state index contributed by atoms with van der Waals surface area (Å²) in [5, 5.41) is 8.88. The Morgan fingerprint density at radius 3 is 2.80 bits per heavy atom. The topological polar surface area (TPSA) is 83.9 Å². The van der Waals surface area contributed by atoms with E-state index in [1.807, 2.05) is 0 Å². The third-order valence-electron chi connectivity index (χ3n) is 2.82. The van der Waals surface area contributed by atoms with Crippen molar-refractivity contribution < 1.29 is 27.4 Å². The molecule has 1 fully saturated rings. The van der Waals surface area contributed by atoms with Crippen molar-refractivity contribution in [3.05, 3.63) is 28.5 Å². The van der Waals surface area contributed by atoms with Gasteiger partial charge in [0.05, 0.1) is 18.0 Å². The summed E-state index contributed by atoms with van der Waals surface area (Å²) in [6.45, 7) is -0.230. The predicted molar refractivity (Wildman–Crippen MR) is 70.2 cm³/mol. The van der Waals surface area contributed by atoms with Gasteiger partial charge < -0.3 is 9.84 Å². The fourth-order valence-electron chi connectivity index (χ4n) is 1.82. The number of halogens is 2. The smallest absolute Gasteiger partial charge is 0.334 e. The fourth-order valence-corrected chi connectivity index (χ4v) is 4.25. The van der Waals surface area contributed by atoms with E-state index in [4.69, 9.17) is 9.84 Å². The van der Waals surface area contributed by atoms with Crippen LogP contribution < -0.4 is 0 Å². The standard InChI is InChI=1S/C11H11BrFNO5S/c12-8-5-7(13)1-2-10(8)20(17,18)14-3-4-19-9(6-14)11(15)16/h1-2,5,9H,3-4,6H2,(H,15,16). The molecule has 0 saturated carbocycles. The van der Waals surface area contributed by atoms with E-state index < -0.39 is 27.9 Å². The number of sulfonamides is 1. The molecule has 20 heavy (non-hydrogen) atoms. The van der Waals surface area contributed by atoms with Crippen LogP contribution in [0.15, 0.2) is 27.6 Å². The molecule has 1 unspecified atom stereocenters. The first-order chi connectivity index (χ1) is 9.32. The lowest BCUT2D eigenvalue weighted by Gasteiger charge is -2.30. The number of hydrogen-bond acceptors (Lipinski definition) is 4. The van der Waals surface area contributed by atoms with Crippen molar-refractivity contribution in [3.63, 3.8) is 0 Å². The number of morpholine rings is 1. The van der Waals surface area contributed by atoms with E-state index in [-0.39, 0.29) is 29.1 Å². The Kier molecular flexibility index (Phi) is 4.43. The summed E-state index contributed by atoms with van der Waals surface area (Å²) in [6, 6.07) is 3.22. The third kappa shape index (κ3) is 3.00. The highest BCUT2D eigenvalue weighted by molar-refractivity contribution is 9.10. The normalized spacial score (nSPS) is 20.8. The van der Waals surface area contributed by atoms with Crippen molar-refractivity contribution in [1.82, 2.24) is 4.31 Å². The molecule has 1 saturated heterocycles. The number of benzene rings is 1. The Balaban J connectivity index is 2.32. The van der Waals surface area contributed by atoms with Crippen molar-refractivity contribution in [2.45, 2.75) is 11.0 Å². The van der Waals surface area contributed by atoms with Crippen LogP contribution in [0.5, 0.6) is 0 Å². The maximum Gasteiger partial charge on any atom is 0.334 e. The summed E-state index contributed by atoms with van der Waals surface area (Å²) in [4.78, 5) is 10.8. The average molecular weight is 368 g/mol. The van der Waals surface area contributed by atoms with Crippen LogP contribution in [0, 0.1) is 5.82 Å². The van der Waals surface area contributed by atoms with Gasteiger partial charge in [0.2, 0.25) is 10.0 Å². The van der Waals surface area contributed by atoms with E-state index in [9.17, 15) is 17.6 Å². The molecule has 0 aromatic heterocycles. The van der Waals surface area contributed by atoms with Gasteiger partial charge in [0, 0.05) is 11.0 Å². The number of aliphatic carboxylic acids is 1. The van der Waals surface area contributed by atoms with Gasteiger partial charge in [0.15, 0.2) is 6.10 Å². The summed E-state index contributed by atoms with van der Waals surface area (Å²) >= 11 is 3.00. The molecule has 2 rings (SSSR count). The molecule has 1 aliphatic rings. The van der Waals surface area contributed by atoms with Gasteiger partial charge in [-0.25, -0.2) is 17.6 Å². The number of ether oxygens (including phenoxy) is 1. The monoisotopic (exact) mass is 367 g/mol. The second-order valence-corrected chi connectivity index (χ2v) is 6.90. The summed E-state index contributed by atoms with van der Waals surface area (Å²) in [5.41, 5.74) is 0. The van der Waals surface area contributed by atoms with Crippen molar-refractivity contribution in [1.29, 1.82) is 0 Å². The van der Waals surface area contributed by atoms with E-state index in [1.165, 1.54) is 0 Å². The number of rotatable bonds is 3. The lowest BCUT2D eigenvalue weighted by atomic mass is 10.3. The number of carboxylic acids is 1. The zero-order chi connectivity index (χ0) is 14.9. The molecular formula is C11H11BrFNO5S. The van der Waals surface area contributed by atoms with Crippen molar-refractivity contribution in [3.8, 4) is 0 Å². The summed E-state index contributed by atoms with van der Waals surface area (Å²) < 4.78 is 43.9. The molecule has 0 aliphatic carbocycles. The molecule has 1 aromatic rings. The highest BCUT2D eigenvalue weighted by atomic mass is 79.9. The van der Waals surface area contributed by atoms with Gasteiger partial charge in [0.25, 0.3) is 0 Å². The minimum absolute atomic E-state index is 0.00495. The van der Waals surface area contributed by atoms with Gasteiger partial charge >= 0.3 is 5.97 Å². The fraction of sp³-hybridized carbons (Fsp3) is 0.364. The zero-order valence-corrected chi connectivity index (χ0v) is 12.5. The second kappa shape index (κ2) is 5.76. The number of hydrogen-bond donors (Lipinski definition) is 1. The molecule has 0 amide bonds. The van der Waals surface area contributed by atoms with Crippen LogP contribution in [0.2, 0.25) is 0 Å². The van der Waals surface area contributed by atoms with Crippen LogP contribution in [-0.4, -0.2) is 49.6 Å². The minimum atomic E-state index is -3.90. The maximum atomic E-state index is 13.0. The predicted octanol–water partition coefficient (Wildman–Crippen LogP) is 1.06. The second-order valence-electron chi connectivity index (χ2n) is 4.14. The first kappa shape index (κ1) is 15.4. The zero-order valence-electron chi connectivity index (χ0n) is 10.1. The molecule has 1 aliphatic heterocycles. The Labute approximate surface area is 123 Å². The molecule has 6 nitrogen and oxygen atoms in total. The van der Waals surface area contributed by atoms with Crippen molar-refractivity contribution in [2.75, 3.05) is 19.7 Å².